The Morgan fingerprint density at radius 2 is 1.50 bits per heavy atom. The Labute approximate surface area is 173 Å². The van der Waals surface area contributed by atoms with Crippen molar-refractivity contribution in [3.63, 3.8) is 0 Å². The summed E-state index contributed by atoms with van der Waals surface area (Å²) in [5, 5.41) is 11.6. The van der Waals surface area contributed by atoms with Gasteiger partial charge in [-0.15, -0.1) is 0 Å². The van der Waals surface area contributed by atoms with E-state index in [0.29, 0.717) is 17.8 Å². The van der Waals surface area contributed by atoms with Gasteiger partial charge in [-0.1, -0.05) is 66.7 Å². The third-order valence-corrected chi connectivity index (χ3v) is 5.60. The quantitative estimate of drug-likeness (QED) is 0.431. The highest BCUT2D eigenvalue weighted by atomic mass is 16.4. The Hall–Kier alpha value is -3.63. The van der Waals surface area contributed by atoms with Crippen molar-refractivity contribution in [2.75, 3.05) is 0 Å². The summed E-state index contributed by atoms with van der Waals surface area (Å²) in [6, 6.07) is 25.5. The molecule has 0 aliphatic heterocycles. The van der Waals surface area contributed by atoms with E-state index in [1.165, 1.54) is 0 Å². The molecule has 0 unspecified atom stereocenters. The van der Waals surface area contributed by atoms with Crippen LogP contribution < -0.4 is 5.63 Å². The first-order chi connectivity index (χ1) is 14.7. The zero-order valence-electron chi connectivity index (χ0n) is 16.6. The van der Waals surface area contributed by atoms with E-state index in [9.17, 15) is 9.90 Å². The van der Waals surface area contributed by atoms with Crippen LogP contribution in [0.25, 0.3) is 44.3 Å². The van der Waals surface area contributed by atoms with Gasteiger partial charge in [-0.2, -0.15) is 0 Å². The van der Waals surface area contributed by atoms with Crippen molar-refractivity contribution in [3.8, 4) is 22.3 Å². The van der Waals surface area contributed by atoms with Crippen LogP contribution >= 0.6 is 0 Å². The van der Waals surface area contributed by atoms with E-state index < -0.39 is 0 Å². The van der Waals surface area contributed by atoms with Gasteiger partial charge in [-0.3, -0.25) is 0 Å². The van der Waals surface area contributed by atoms with E-state index in [2.05, 4.69) is 0 Å². The molecule has 0 radical (unpaired) electrons. The summed E-state index contributed by atoms with van der Waals surface area (Å²) < 4.78 is 7.96. The minimum atomic E-state index is -0.354. The van der Waals surface area contributed by atoms with Crippen LogP contribution in [0.4, 0.5) is 0 Å². The number of benzene rings is 3. The number of hydrogen-bond acceptors (Lipinski definition) is 3. The maximum absolute atomic E-state index is 13.3. The summed E-state index contributed by atoms with van der Waals surface area (Å²) in [5.74, 6) is 0. The summed E-state index contributed by atoms with van der Waals surface area (Å²) >= 11 is 0. The maximum atomic E-state index is 13.3. The average molecular weight is 395 g/mol. The van der Waals surface area contributed by atoms with Crippen LogP contribution in [0, 0.1) is 0 Å². The molecule has 0 atom stereocenters. The van der Waals surface area contributed by atoms with E-state index in [0.717, 1.165) is 38.5 Å². The Morgan fingerprint density at radius 1 is 0.867 bits per heavy atom. The molecule has 0 aliphatic rings. The van der Waals surface area contributed by atoms with Gasteiger partial charge in [0.15, 0.2) is 0 Å². The van der Waals surface area contributed by atoms with E-state index in [1.54, 1.807) is 0 Å². The van der Waals surface area contributed by atoms with Crippen molar-refractivity contribution >= 4 is 22.0 Å². The molecule has 2 heterocycles. The molecular formula is C26H21NO3. The fourth-order valence-electron chi connectivity index (χ4n) is 4.26. The van der Waals surface area contributed by atoms with Crippen molar-refractivity contribution in [1.82, 2.24) is 4.57 Å². The van der Waals surface area contributed by atoms with Crippen molar-refractivity contribution in [2.45, 2.75) is 20.1 Å². The molecular weight excluding hydrogens is 374 g/mol. The van der Waals surface area contributed by atoms with Gasteiger partial charge in [0.2, 0.25) is 5.71 Å². The first kappa shape index (κ1) is 18.4. The molecule has 1 N–H and O–H groups in total. The van der Waals surface area contributed by atoms with Crippen LogP contribution in [0.5, 0.6) is 0 Å². The number of aliphatic hydroxyl groups is 1. The lowest BCUT2D eigenvalue weighted by Crippen LogP contribution is -2.07. The molecule has 0 amide bonds. The summed E-state index contributed by atoms with van der Waals surface area (Å²) in [7, 11) is 0. The van der Waals surface area contributed by atoms with Crippen molar-refractivity contribution in [2.24, 2.45) is 0 Å². The van der Waals surface area contributed by atoms with Crippen LogP contribution in [0.2, 0.25) is 0 Å². The van der Waals surface area contributed by atoms with Gasteiger partial charge in [0.25, 0.3) is 0 Å². The summed E-state index contributed by atoms with van der Waals surface area (Å²) in [5.41, 5.74) is 5.21. The Bertz CT molecular complexity index is 1410. The lowest BCUT2D eigenvalue weighted by atomic mass is 9.93. The van der Waals surface area contributed by atoms with Gasteiger partial charge in [-0.25, -0.2) is 4.79 Å². The van der Waals surface area contributed by atoms with E-state index >= 15 is 0 Å². The zero-order valence-corrected chi connectivity index (χ0v) is 16.6. The predicted octanol–water partition coefficient (Wildman–Crippen LogP) is 5.59. The highest BCUT2D eigenvalue weighted by molar-refractivity contribution is 6.16. The van der Waals surface area contributed by atoms with Gasteiger partial charge in [0.1, 0.15) is 0 Å². The summed E-state index contributed by atoms with van der Waals surface area (Å²) in [6.07, 6.45) is 0. The molecule has 5 rings (SSSR count). The lowest BCUT2D eigenvalue weighted by molar-refractivity contribution is 0.282. The number of nitrogens with zero attached hydrogens (tertiary/aromatic N) is 1. The van der Waals surface area contributed by atoms with Crippen LogP contribution in [0.1, 0.15) is 12.5 Å². The molecule has 0 aliphatic carbocycles. The second kappa shape index (κ2) is 7.32. The molecule has 30 heavy (non-hydrogen) atoms. The first-order valence-corrected chi connectivity index (χ1v) is 10.1. The monoisotopic (exact) mass is 395 g/mol. The first-order valence-electron chi connectivity index (χ1n) is 10.1. The molecule has 0 spiro atoms. The molecule has 2 aromatic heterocycles. The second-order valence-corrected chi connectivity index (χ2v) is 7.31. The third-order valence-electron chi connectivity index (χ3n) is 5.60. The van der Waals surface area contributed by atoms with Crippen molar-refractivity contribution in [1.29, 1.82) is 0 Å². The van der Waals surface area contributed by atoms with E-state index in [-0.39, 0.29) is 12.2 Å². The Balaban J connectivity index is 2.05. The predicted molar refractivity (Wildman–Crippen MR) is 120 cm³/mol. The Morgan fingerprint density at radius 3 is 2.10 bits per heavy atom. The van der Waals surface area contributed by atoms with Gasteiger partial charge in [0, 0.05) is 17.5 Å². The average Bonchev–Trinajstić information content (AvgIpc) is 3.11. The number of aryl methyl sites for hydroxylation is 1. The maximum Gasteiger partial charge on any atom is 0.346 e. The normalized spacial score (nSPS) is 11.4. The smallest absolute Gasteiger partial charge is 0.346 e. The lowest BCUT2D eigenvalue weighted by Gasteiger charge is -2.11. The van der Waals surface area contributed by atoms with Crippen molar-refractivity contribution < 1.29 is 9.52 Å². The minimum Gasteiger partial charge on any atom is -0.405 e. The number of rotatable bonds is 4. The summed E-state index contributed by atoms with van der Waals surface area (Å²) in [4.78, 5) is 13.3. The Kier molecular flexibility index (Phi) is 4.49. The van der Waals surface area contributed by atoms with Crippen LogP contribution in [0.15, 0.2) is 88.1 Å². The van der Waals surface area contributed by atoms with Crippen LogP contribution in [0.3, 0.4) is 0 Å². The van der Waals surface area contributed by atoms with Gasteiger partial charge in [-0.05, 0) is 35.7 Å². The number of hydrogen-bond donors (Lipinski definition) is 1. The largest absolute Gasteiger partial charge is 0.405 e. The number of fused-ring (bicyclic) bond motifs is 3. The molecule has 0 bridgehead atoms. The standard InChI is InChI=1S/C26H21NO3/c1-2-27-21-14-13-17(16-28)15-20(21)24-22(18-9-5-3-6-10-18)23(26(29)30-25(24)27)19-11-7-4-8-12-19/h3-15,28H,2,16H2,1H3. The molecule has 3 aromatic carbocycles. The van der Waals surface area contributed by atoms with E-state index in [1.807, 2.05) is 90.4 Å². The third kappa shape index (κ3) is 2.77. The second-order valence-electron chi connectivity index (χ2n) is 7.31. The fourth-order valence-corrected chi connectivity index (χ4v) is 4.26. The molecule has 0 saturated heterocycles. The summed E-state index contributed by atoms with van der Waals surface area (Å²) in [6.45, 7) is 2.66. The molecule has 0 saturated carbocycles. The molecule has 4 heteroatoms. The highest BCUT2D eigenvalue weighted by Gasteiger charge is 2.23. The van der Waals surface area contributed by atoms with Crippen molar-refractivity contribution in [3.05, 3.63) is 94.8 Å². The number of aromatic nitrogens is 1. The zero-order chi connectivity index (χ0) is 20.7. The minimum absolute atomic E-state index is 0.0439. The van der Waals surface area contributed by atoms with Gasteiger partial charge >= 0.3 is 5.63 Å². The highest BCUT2D eigenvalue weighted by Crippen LogP contribution is 2.41. The molecule has 148 valence electrons. The van der Waals surface area contributed by atoms with Gasteiger partial charge in [0.05, 0.1) is 23.1 Å². The SMILES string of the molecule is CCn1c2ccc(CO)cc2c2c(-c3ccccc3)c(-c3ccccc3)c(=O)oc21. The molecule has 0 fully saturated rings. The molecule has 5 aromatic rings. The van der Waals surface area contributed by atoms with E-state index in [4.69, 9.17) is 4.42 Å². The van der Waals surface area contributed by atoms with Gasteiger partial charge < -0.3 is 14.1 Å². The topological polar surface area (TPSA) is 55.4 Å². The molecule has 4 nitrogen and oxygen atoms in total. The van der Waals surface area contributed by atoms with Crippen LogP contribution in [-0.4, -0.2) is 9.67 Å². The van der Waals surface area contributed by atoms with Crippen LogP contribution in [-0.2, 0) is 13.2 Å². The number of aliphatic hydroxyl groups excluding tert-OH is 1. The fraction of sp³-hybridized carbons (Fsp3) is 0.115.